The van der Waals surface area contributed by atoms with Gasteiger partial charge in [-0.15, -0.1) is 10.2 Å². The molecule has 1 unspecified atom stereocenters. The van der Waals surface area contributed by atoms with Crippen LogP contribution in [0.1, 0.15) is 18.4 Å². The Labute approximate surface area is 206 Å². The Morgan fingerprint density at radius 2 is 1.62 bits per heavy atom. The van der Waals surface area contributed by atoms with E-state index in [0.29, 0.717) is 0 Å². The third-order valence-electron chi connectivity index (χ3n) is 6.68. The molecule has 2 fully saturated rings. The Morgan fingerprint density at radius 3 is 2.32 bits per heavy atom. The lowest BCUT2D eigenvalue weighted by atomic mass is 9.96. The van der Waals surface area contributed by atoms with Crippen molar-refractivity contribution < 1.29 is 4.79 Å². The second kappa shape index (κ2) is 10.5. The van der Waals surface area contributed by atoms with Crippen LogP contribution in [0.2, 0.25) is 0 Å². The van der Waals surface area contributed by atoms with Crippen molar-refractivity contribution in [2.45, 2.75) is 29.7 Å². The SMILES string of the molecule is Cc1ccc(Sc2ccc(N3CCCC(C(=O)N4CCN(c5ccccc5)CC4)C3)nn2)cc1. The number of carbonyl (C=O) groups excluding carboxylic acids is 1. The minimum absolute atomic E-state index is 0.0282. The highest BCUT2D eigenvalue weighted by atomic mass is 32.2. The van der Waals surface area contributed by atoms with E-state index in [-0.39, 0.29) is 11.8 Å². The quantitative estimate of drug-likeness (QED) is 0.544. The highest BCUT2D eigenvalue weighted by Gasteiger charge is 2.31. The van der Waals surface area contributed by atoms with Crippen molar-refractivity contribution >= 4 is 29.2 Å². The van der Waals surface area contributed by atoms with Crippen LogP contribution in [0.4, 0.5) is 11.5 Å². The number of piperazine rings is 1. The van der Waals surface area contributed by atoms with E-state index >= 15 is 0 Å². The topological polar surface area (TPSA) is 52.6 Å². The summed E-state index contributed by atoms with van der Waals surface area (Å²) in [5.74, 6) is 1.18. The van der Waals surface area contributed by atoms with Crippen LogP contribution in [0.25, 0.3) is 0 Å². The summed E-state index contributed by atoms with van der Waals surface area (Å²) in [4.78, 5) is 21.1. The summed E-state index contributed by atoms with van der Waals surface area (Å²) in [5, 5.41) is 9.81. The van der Waals surface area contributed by atoms with Crippen LogP contribution in [0.3, 0.4) is 0 Å². The number of rotatable bonds is 5. The molecular formula is C27H31N5OS. The van der Waals surface area contributed by atoms with Gasteiger partial charge in [-0.2, -0.15) is 0 Å². The molecule has 6 nitrogen and oxygen atoms in total. The highest BCUT2D eigenvalue weighted by molar-refractivity contribution is 7.99. The molecular weight excluding hydrogens is 442 g/mol. The number of carbonyl (C=O) groups is 1. The molecule has 3 heterocycles. The van der Waals surface area contributed by atoms with Crippen LogP contribution < -0.4 is 9.80 Å². The fourth-order valence-corrected chi connectivity index (χ4v) is 5.46. The Kier molecular flexibility index (Phi) is 7.00. The maximum absolute atomic E-state index is 13.3. The molecule has 5 rings (SSSR count). The molecule has 2 aliphatic heterocycles. The largest absolute Gasteiger partial charge is 0.368 e. The first-order valence-electron chi connectivity index (χ1n) is 12.1. The molecule has 0 radical (unpaired) electrons. The Bertz CT molecular complexity index is 1080. The number of amides is 1. The highest BCUT2D eigenvalue weighted by Crippen LogP contribution is 2.28. The van der Waals surface area contributed by atoms with Crippen LogP contribution in [0.15, 0.2) is 76.7 Å². The molecule has 7 heteroatoms. The van der Waals surface area contributed by atoms with E-state index in [9.17, 15) is 4.79 Å². The van der Waals surface area contributed by atoms with Crippen LogP contribution in [0, 0.1) is 12.8 Å². The van der Waals surface area contributed by atoms with Gasteiger partial charge in [-0.05, 0) is 56.2 Å². The van der Waals surface area contributed by atoms with Crippen LogP contribution >= 0.6 is 11.8 Å². The summed E-state index contributed by atoms with van der Waals surface area (Å²) in [6.45, 7) is 7.07. The summed E-state index contributed by atoms with van der Waals surface area (Å²) in [6.07, 6.45) is 1.95. The van der Waals surface area contributed by atoms with Gasteiger partial charge < -0.3 is 14.7 Å². The van der Waals surface area contributed by atoms with Crippen molar-refractivity contribution in [1.82, 2.24) is 15.1 Å². The van der Waals surface area contributed by atoms with Crippen molar-refractivity contribution in [1.29, 1.82) is 0 Å². The molecule has 2 saturated heterocycles. The molecule has 2 aromatic carbocycles. The molecule has 1 atom stereocenters. The normalized spacial score (nSPS) is 18.7. The average molecular weight is 474 g/mol. The number of piperidine rings is 1. The summed E-state index contributed by atoms with van der Waals surface area (Å²) >= 11 is 1.62. The molecule has 0 bridgehead atoms. The number of nitrogens with zero attached hydrogens (tertiary/aromatic N) is 5. The summed E-state index contributed by atoms with van der Waals surface area (Å²) in [5.41, 5.74) is 2.49. The number of anilines is 2. The van der Waals surface area contributed by atoms with E-state index in [1.165, 1.54) is 11.3 Å². The molecule has 176 valence electrons. The summed E-state index contributed by atoms with van der Waals surface area (Å²) in [6, 6.07) is 23.0. The zero-order valence-corrected chi connectivity index (χ0v) is 20.5. The summed E-state index contributed by atoms with van der Waals surface area (Å²) in [7, 11) is 0. The minimum Gasteiger partial charge on any atom is -0.368 e. The fourth-order valence-electron chi connectivity index (χ4n) is 4.73. The Balaban J connectivity index is 1.16. The van der Waals surface area contributed by atoms with Crippen LogP contribution in [-0.4, -0.2) is 60.3 Å². The summed E-state index contributed by atoms with van der Waals surface area (Å²) < 4.78 is 0. The van der Waals surface area contributed by atoms with E-state index in [1.807, 2.05) is 18.2 Å². The number of para-hydroxylation sites is 1. The maximum atomic E-state index is 13.3. The van der Waals surface area contributed by atoms with Gasteiger partial charge in [0.2, 0.25) is 5.91 Å². The van der Waals surface area contributed by atoms with Crippen molar-refractivity contribution in [3.8, 4) is 0 Å². The van der Waals surface area contributed by atoms with E-state index in [4.69, 9.17) is 0 Å². The average Bonchev–Trinajstić information content (AvgIpc) is 2.91. The first-order valence-corrected chi connectivity index (χ1v) is 12.9. The van der Waals surface area contributed by atoms with Gasteiger partial charge in [-0.1, -0.05) is 47.7 Å². The molecule has 0 N–H and O–H groups in total. The molecule has 2 aliphatic rings. The van der Waals surface area contributed by atoms with Gasteiger partial charge in [0.15, 0.2) is 5.82 Å². The lowest BCUT2D eigenvalue weighted by molar-refractivity contribution is -0.136. The van der Waals surface area contributed by atoms with Gasteiger partial charge in [-0.3, -0.25) is 4.79 Å². The molecule has 1 amide bonds. The number of aromatic nitrogens is 2. The van der Waals surface area contributed by atoms with Crippen LogP contribution in [0.5, 0.6) is 0 Å². The number of hydrogen-bond acceptors (Lipinski definition) is 6. The standard InChI is InChI=1S/C27H31N5OS/c1-21-9-11-24(12-10-21)34-26-14-13-25(28-29-26)32-15-5-6-22(20-32)27(33)31-18-16-30(17-19-31)23-7-3-2-4-8-23/h2-4,7-14,22H,5-6,15-20H2,1H3. The van der Waals surface area contributed by atoms with Gasteiger partial charge in [0, 0.05) is 49.9 Å². The minimum atomic E-state index is 0.0282. The van der Waals surface area contributed by atoms with E-state index in [1.54, 1.807) is 11.8 Å². The van der Waals surface area contributed by atoms with Gasteiger partial charge in [0.05, 0.1) is 5.92 Å². The zero-order valence-electron chi connectivity index (χ0n) is 19.6. The first kappa shape index (κ1) is 22.7. The second-order valence-corrected chi connectivity index (χ2v) is 10.2. The monoisotopic (exact) mass is 473 g/mol. The predicted octanol–water partition coefficient (Wildman–Crippen LogP) is 4.50. The third-order valence-corrected chi connectivity index (χ3v) is 7.61. The predicted molar refractivity (Wildman–Crippen MR) is 138 cm³/mol. The Morgan fingerprint density at radius 1 is 0.853 bits per heavy atom. The van der Waals surface area contributed by atoms with Gasteiger partial charge in [0.1, 0.15) is 5.03 Å². The van der Waals surface area contributed by atoms with Gasteiger partial charge in [0.25, 0.3) is 0 Å². The van der Waals surface area contributed by atoms with Crippen molar-refractivity contribution in [2.24, 2.45) is 5.92 Å². The smallest absolute Gasteiger partial charge is 0.227 e. The molecule has 0 saturated carbocycles. The van der Waals surface area contributed by atoms with Crippen molar-refractivity contribution in [2.75, 3.05) is 49.1 Å². The number of benzene rings is 2. The Hall–Kier alpha value is -3.06. The van der Waals surface area contributed by atoms with Crippen molar-refractivity contribution in [3.63, 3.8) is 0 Å². The van der Waals surface area contributed by atoms with Crippen LogP contribution in [-0.2, 0) is 4.79 Å². The number of aryl methyl sites for hydroxylation is 1. The van der Waals surface area contributed by atoms with Gasteiger partial charge >= 0.3 is 0 Å². The van der Waals surface area contributed by atoms with Gasteiger partial charge in [-0.25, -0.2) is 0 Å². The zero-order chi connectivity index (χ0) is 23.3. The second-order valence-electron chi connectivity index (χ2n) is 9.08. The van der Waals surface area contributed by atoms with Crippen molar-refractivity contribution in [3.05, 3.63) is 72.3 Å². The lowest BCUT2D eigenvalue weighted by Gasteiger charge is -2.40. The molecule has 0 aliphatic carbocycles. The molecule has 34 heavy (non-hydrogen) atoms. The molecule has 3 aromatic rings. The first-order chi connectivity index (χ1) is 16.7. The van der Waals surface area contributed by atoms with E-state index in [0.717, 1.165) is 67.8 Å². The molecule has 0 spiro atoms. The third kappa shape index (κ3) is 5.36. The van der Waals surface area contributed by atoms with E-state index in [2.05, 4.69) is 80.4 Å². The maximum Gasteiger partial charge on any atom is 0.227 e. The molecule has 1 aromatic heterocycles. The number of hydrogen-bond donors (Lipinski definition) is 0. The lowest BCUT2D eigenvalue weighted by Crippen LogP contribution is -2.52. The fraction of sp³-hybridized carbons (Fsp3) is 0.370. The van der Waals surface area contributed by atoms with E-state index < -0.39 is 0 Å².